The van der Waals surface area contributed by atoms with Crippen LogP contribution < -0.4 is 10.3 Å². The molecule has 0 unspecified atom stereocenters. The molecule has 98 valence electrons. The van der Waals surface area contributed by atoms with E-state index >= 15 is 0 Å². The van der Waals surface area contributed by atoms with E-state index < -0.39 is 17.3 Å². The minimum atomic E-state index is -1.16. The smallest absolute Gasteiger partial charge is 0.337 e. The summed E-state index contributed by atoms with van der Waals surface area (Å²) in [4.78, 5) is 22.5. The number of methoxy groups -OCH3 is 1. The van der Waals surface area contributed by atoms with E-state index in [1.165, 1.54) is 25.3 Å². The number of hydrogen-bond acceptors (Lipinski definition) is 3. The van der Waals surface area contributed by atoms with Gasteiger partial charge in [0.25, 0.3) is 5.56 Å². The third-order valence-corrected chi connectivity index (χ3v) is 2.57. The lowest BCUT2D eigenvalue weighted by Gasteiger charge is -2.08. The van der Waals surface area contributed by atoms with E-state index in [0.29, 0.717) is 0 Å². The number of rotatable bonds is 3. The van der Waals surface area contributed by atoms with Crippen molar-refractivity contribution in [2.24, 2.45) is 0 Å². The second-order valence-electron chi connectivity index (χ2n) is 3.75. The van der Waals surface area contributed by atoms with Gasteiger partial charge in [-0.3, -0.25) is 9.36 Å². The number of ether oxygens (including phenoxy) is 1. The highest BCUT2D eigenvalue weighted by Crippen LogP contribution is 2.19. The Balaban J connectivity index is 2.58. The largest absolute Gasteiger partial charge is 0.494 e. The molecule has 1 heterocycles. The summed E-state index contributed by atoms with van der Waals surface area (Å²) < 4.78 is 19.4. The van der Waals surface area contributed by atoms with E-state index in [4.69, 9.17) is 9.84 Å². The van der Waals surface area contributed by atoms with Crippen LogP contribution in [0.1, 0.15) is 10.4 Å². The fourth-order valence-corrected chi connectivity index (χ4v) is 1.62. The number of nitrogens with zero attached hydrogens (tertiary/aromatic N) is 1. The van der Waals surface area contributed by atoms with Crippen molar-refractivity contribution in [1.82, 2.24) is 4.57 Å². The van der Waals surface area contributed by atoms with Gasteiger partial charge in [-0.25, -0.2) is 9.18 Å². The Morgan fingerprint density at radius 3 is 2.63 bits per heavy atom. The summed E-state index contributed by atoms with van der Waals surface area (Å²) in [7, 11) is 1.33. The molecule has 0 bridgehead atoms. The van der Waals surface area contributed by atoms with Gasteiger partial charge in [-0.2, -0.15) is 0 Å². The molecule has 6 heteroatoms. The maximum atomic E-state index is 13.6. The van der Waals surface area contributed by atoms with Gasteiger partial charge in [0.2, 0.25) is 0 Å². The second-order valence-corrected chi connectivity index (χ2v) is 3.75. The van der Waals surface area contributed by atoms with Crippen LogP contribution in [0.4, 0.5) is 4.39 Å². The highest BCUT2D eigenvalue weighted by atomic mass is 19.1. The molecule has 5 nitrogen and oxygen atoms in total. The first-order chi connectivity index (χ1) is 9.02. The van der Waals surface area contributed by atoms with Gasteiger partial charge in [0, 0.05) is 18.3 Å². The Morgan fingerprint density at radius 2 is 2.05 bits per heavy atom. The first kappa shape index (κ1) is 12.8. The molecule has 1 aromatic heterocycles. The van der Waals surface area contributed by atoms with Gasteiger partial charge in [-0.1, -0.05) is 0 Å². The molecule has 2 rings (SSSR count). The van der Waals surface area contributed by atoms with Crippen LogP contribution in [0.5, 0.6) is 5.75 Å². The van der Waals surface area contributed by atoms with Crippen LogP contribution in [0.15, 0.2) is 41.3 Å². The number of pyridine rings is 1. The molecule has 0 atom stereocenters. The van der Waals surface area contributed by atoms with E-state index in [9.17, 15) is 14.0 Å². The van der Waals surface area contributed by atoms with E-state index in [-0.39, 0.29) is 17.0 Å². The Hall–Kier alpha value is -2.63. The summed E-state index contributed by atoms with van der Waals surface area (Å²) in [6.45, 7) is 0. The number of carboxylic acid groups (broad SMARTS) is 1. The molecule has 0 fully saturated rings. The molecule has 1 N–H and O–H groups in total. The molecule has 0 saturated carbocycles. The van der Waals surface area contributed by atoms with Crippen molar-refractivity contribution in [1.29, 1.82) is 0 Å². The summed E-state index contributed by atoms with van der Waals surface area (Å²) in [5.74, 6) is -1.75. The first-order valence-electron chi connectivity index (χ1n) is 5.33. The molecule has 0 saturated heterocycles. The standard InChI is InChI=1S/C13H10FNO4/c1-19-11-4-3-9(6-10(11)14)15-7-8(13(17)18)2-5-12(15)16/h2-7H,1H3,(H,17,18). The Kier molecular flexibility index (Phi) is 3.33. The molecule has 0 aliphatic carbocycles. The Labute approximate surface area is 107 Å². The van der Waals surface area contributed by atoms with Gasteiger partial charge in [-0.05, 0) is 18.2 Å². The van der Waals surface area contributed by atoms with Gasteiger partial charge in [-0.15, -0.1) is 0 Å². The molecule has 19 heavy (non-hydrogen) atoms. The first-order valence-corrected chi connectivity index (χ1v) is 5.33. The van der Waals surface area contributed by atoms with Crippen molar-refractivity contribution < 1.29 is 19.0 Å². The van der Waals surface area contributed by atoms with E-state index in [1.54, 1.807) is 0 Å². The number of carboxylic acids is 1. The average molecular weight is 263 g/mol. The highest BCUT2D eigenvalue weighted by molar-refractivity contribution is 5.87. The Morgan fingerprint density at radius 1 is 1.32 bits per heavy atom. The Bertz CT molecular complexity index is 693. The van der Waals surface area contributed by atoms with Gasteiger partial charge >= 0.3 is 5.97 Å². The summed E-state index contributed by atoms with van der Waals surface area (Å²) in [6.07, 6.45) is 1.14. The summed E-state index contributed by atoms with van der Waals surface area (Å²) >= 11 is 0. The zero-order valence-electron chi connectivity index (χ0n) is 9.96. The topological polar surface area (TPSA) is 68.5 Å². The lowest BCUT2D eigenvalue weighted by atomic mass is 10.2. The number of carbonyl (C=O) groups is 1. The van der Waals surface area contributed by atoms with Crippen LogP contribution in [-0.4, -0.2) is 22.8 Å². The minimum Gasteiger partial charge on any atom is -0.494 e. The average Bonchev–Trinajstić information content (AvgIpc) is 2.38. The number of benzene rings is 1. The molecule has 0 spiro atoms. The molecule has 0 aliphatic rings. The maximum absolute atomic E-state index is 13.6. The van der Waals surface area contributed by atoms with Gasteiger partial charge in [0.1, 0.15) is 0 Å². The van der Waals surface area contributed by atoms with Gasteiger partial charge in [0.15, 0.2) is 11.6 Å². The summed E-state index contributed by atoms with van der Waals surface area (Å²) in [5, 5.41) is 8.87. The predicted molar refractivity (Wildman–Crippen MR) is 65.5 cm³/mol. The van der Waals surface area contributed by atoms with E-state index in [2.05, 4.69) is 0 Å². The highest BCUT2D eigenvalue weighted by Gasteiger charge is 2.09. The molecule has 0 radical (unpaired) electrons. The molecule has 2 aromatic rings. The van der Waals surface area contributed by atoms with Crippen molar-refractivity contribution >= 4 is 5.97 Å². The monoisotopic (exact) mass is 263 g/mol. The quantitative estimate of drug-likeness (QED) is 0.914. The third kappa shape index (κ3) is 2.47. The zero-order chi connectivity index (χ0) is 14.0. The lowest BCUT2D eigenvalue weighted by molar-refractivity contribution is 0.0696. The van der Waals surface area contributed by atoms with Crippen LogP contribution in [0.25, 0.3) is 5.69 Å². The number of aromatic carboxylic acids is 1. The van der Waals surface area contributed by atoms with E-state index in [1.807, 2.05) is 0 Å². The fraction of sp³-hybridized carbons (Fsp3) is 0.0769. The van der Waals surface area contributed by atoms with Gasteiger partial charge < -0.3 is 9.84 Å². The van der Waals surface area contributed by atoms with Crippen molar-refractivity contribution in [2.75, 3.05) is 7.11 Å². The van der Waals surface area contributed by atoms with Crippen LogP contribution >= 0.6 is 0 Å². The van der Waals surface area contributed by atoms with Crippen LogP contribution in [0.3, 0.4) is 0 Å². The molecule has 0 aliphatic heterocycles. The van der Waals surface area contributed by atoms with E-state index in [0.717, 1.165) is 22.9 Å². The predicted octanol–water partition coefficient (Wildman–Crippen LogP) is 1.68. The second kappa shape index (κ2) is 4.93. The normalized spacial score (nSPS) is 10.2. The van der Waals surface area contributed by atoms with Crippen molar-refractivity contribution in [3.05, 3.63) is 58.3 Å². The fourth-order valence-electron chi connectivity index (χ4n) is 1.62. The molecular weight excluding hydrogens is 253 g/mol. The van der Waals surface area contributed by atoms with Crippen LogP contribution in [0, 0.1) is 5.82 Å². The van der Waals surface area contributed by atoms with Crippen LogP contribution in [0.2, 0.25) is 0 Å². The van der Waals surface area contributed by atoms with Crippen molar-refractivity contribution in [3.8, 4) is 11.4 Å². The number of aromatic nitrogens is 1. The SMILES string of the molecule is COc1ccc(-n2cc(C(=O)O)ccc2=O)cc1F. The van der Waals surface area contributed by atoms with Gasteiger partial charge in [0.05, 0.1) is 18.4 Å². The third-order valence-electron chi connectivity index (χ3n) is 2.57. The molecular formula is C13H10FNO4. The lowest BCUT2D eigenvalue weighted by Crippen LogP contribution is -2.18. The zero-order valence-corrected chi connectivity index (χ0v) is 9.96. The molecule has 1 aromatic carbocycles. The maximum Gasteiger partial charge on any atom is 0.337 e. The molecule has 0 amide bonds. The number of halogens is 1. The van der Waals surface area contributed by atoms with Crippen molar-refractivity contribution in [2.45, 2.75) is 0 Å². The van der Waals surface area contributed by atoms with Crippen molar-refractivity contribution in [3.63, 3.8) is 0 Å². The summed E-state index contributed by atoms with van der Waals surface area (Å²) in [5.41, 5.74) is -0.281. The van der Waals surface area contributed by atoms with Crippen LogP contribution in [-0.2, 0) is 0 Å². The number of hydrogen-bond donors (Lipinski definition) is 1. The minimum absolute atomic E-state index is 0.0474. The summed E-state index contributed by atoms with van der Waals surface area (Å²) in [6, 6.07) is 6.25.